The van der Waals surface area contributed by atoms with E-state index in [2.05, 4.69) is 9.71 Å². The van der Waals surface area contributed by atoms with Gasteiger partial charge in [0.25, 0.3) is 0 Å². The van der Waals surface area contributed by atoms with Crippen molar-refractivity contribution in [2.75, 3.05) is 26.0 Å². The van der Waals surface area contributed by atoms with Crippen molar-refractivity contribution < 1.29 is 39.5 Å². The number of guanidine groups is 1. The fourth-order valence-electron chi connectivity index (χ4n) is 3.61. The van der Waals surface area contributed by atoms with Crippen LogP contribution >= 0.6 is 0 Å². The third-order valence-corrected chi connectivity index (χ3v) is 6.63. The highest BCUT2D eigenvalue weighted by Gasteiger charge is 2.41. The Balaban J connectivity index is 1.90. The Hall–Kier alpha value is -2.80. The van der Waals surface area contributed by atoms with Crippen molar-refractivity contribution in [3.05, 3.63) is 70.8 Å². The van der Waals surface area contributed by atoms with Crippen LogP contribution in [-0.2, 0) is 39.3 Å². The molecule has 1 unspecified atom stereocenters. The lowest BCUT2D eigenvalue weighted by Gasteiger charge is -2.27. The predicted molar refractivity (Wildman–Crippen MR) is 117 cm³/mol. The lowest BCUT2D eigenvalue weighted by molar-refractivity contribution is -0.143. The Morgan fingerprint density at radius 2 is 1.60 bits per heavy atom. The molecule has 0 fully saturated rings. The number of halogens is 6. The minimum Gasteiger partial charge on any atom is -0.374 e. The van der Waals surface area contributed by atoms with Crippen LogP contribution in [-0.4, -0.2) is 45.2 Å². The highest BCUT2D eigenvalue weighted by Crippen LogP contribution is 2.37. The first-order valence-electron chi connectivity index (χ1n) is 10.4. The number of hydrogen-bond donors (Lipinski definition) is 1. The third kappa shape index (κ3) is 6.45. The first-order chi connectivity index (χ1) is 16.2. The van der Waals surface area contributed by atoms with Gasteiger partial charge in [0.05, 0.1) is 36.6 Å². The van der Waals surface area contributed by atoms with Gasteiger partial charge in [0.15, 0.2) is 0 Å². The van der Waals surface area contributed by atoms with Crippen molar-refractivity contribution in [3.8, 4) is 0 Å². The SMILES string of the molecule is CCS(=O)(=O)NC1=NC(COCc2cc(C(F)(F)F)cc(C(F)(F)F)c2)(c2ccccc2)CN1C. The highest BCUT2D eigenvalue weighted by molar-refractivity contribution is 7.90. The topological polar surface area (TPSA) is 71.0 Å². The van der Waals surface area contributed by atoms with E-state index < -0.39 is 45.6 Å². The van der Waals surface area contributed by atoms with Crippen molar-refractivity contribution in [1.29, 1.82) is 0 Å². The summed E-state index contributed by atoms with van der Waals surface area (Å²) in [5.74, 6) is -0.135. The summed E-state index contributed by atoms with van der Waals surface area (Å²) >= 11 is 0. The minimum absolute atomic E-state index is 0.0529. The van der Waals surface area contributed by atoms with E-state index in [0.717, 1.165) is 0 Å². The van der Waals surface area contributed by atoms with Gasteiger partial charge in [-0.15, -0.1) is 0 Å². The second-order valence-electron chi connectivity index (χ2n) is 8.10. The molecule has 3 rings (SSSR count). The van der Waals surface area contributed by atoms with Gasteiger partial charge in [-0.1, -0.05) is 30.3 Å². The van der Waals surface area contributed by atoms with Gasteiger partial charge in [-0.05, 0) is 36.2 Å². The smallest absolute Gasteiger partial charge is 0.374 e. The molecule has 0 aromatic heterocycles. The van der Waals surface area contributed by atoms with Crippen LogP contribution in [0.4, 0.5) is 26.3 Å². The summed E-state index contributed by atoms with van der Waals surface area (Å²) in [6.45, 7) is 0.845. The third-order valence-electron chi connectivity index (χ3n) is 5.38. The molecular formula is C22H23F6N3O3S. The summed E-state index contributed by atoms with van der Waals surface area (Å²) < 4.78 is 111. The summed E-state index contributed by atoms with van der Waals surface area (Å²) in [6.07, 6.45) is -9.93. The fourth-order valence-corrected chi connectivity index (χ4v) is 4.23. The number of ether oxygens (including phenoxy) is 1. The molecule has 1 atom stereocenters. The van der Waals surface area contributed by atoms with E-state index in [4.69, 9.17) is 4.74 Å². The summed E-state index contributed by atoms with van der Waals surface area (Å²) in [4.78, 5) is 6.07. The number of nitrogens with zero attached hydrogens (tertiary/aromatic N) is 2. The number of hydrogen-bond acceptors (Lipinski definition) is 5. The Bertz CT molecular complexity index is 1150. The molecule has 0 amide bonds. The van der Waals surface area contributed by atoms with Crippen LogP contribution in [0, 0.1) is 0 Å². The maximum atomic E-state index is 13.1. The molecular weight excluding hydrogens is 500 g/mol. The van der Waals surface area contributed by atoms with E-state index in [1.54, 1.807) is 42.3 Å². The van der Waals surface area contributed by atoms with E-state index in [1.807, 2.05) is 0 Å². The monoisotopic (exact) mass is 523 g/mol. The zero-order valence-electron chi connectivity index (χ0n) is 18.7. The summed E-state index contributed by atoms with van der Waals surface area (Å²) in [7, 11) is -2.04. The Kier molecular flexibility index (Phi) is 7.42. The molecule has 2 aromatic rings. The van der Waals surface area contributed by atoms with Crippen LogP contribution < -0.4 is 4.72 Å². The van der Waals surface area contributed by atoms with Gasteiger partial charge in [0.1, 0.15) is 5.54 Å². The molecule has 0 saturated carbocycles. The van der Waals surface area contributed by atoms with Crippen LogP contribution in [0.2, 0.25) is 0 Å². The molecule has 1 N–H and O–H groups in total. The number of alkyl halides is 6. The number of rotatable bonds is 7. The molecule has 192 valence electrons. The largest absolute Gasteiger partial charge is 0.416 e. The fraction of sp³-hybridized carbons (Fsp3) is 0.409. The molecule has 2 aromatic carbocycles. The molecule has 13 heteroatoms. The van der Waals surface area contributed by atoms with E-state index in [0.29, 0.717) is 17.7 Å². The van der Waals surface area contributed by atoms with Crippen molar-refractivity contribution in [2.24, 2.45) is 4.99 Å². The maximum Gasteiger partial charge on any atom is 0.416 e. The Morgan fingerprint density at radius 3 is 2.11 bits per heavy atom. The molecule has 1 heterocycles. The Labute approximate surface area is 198 Å². The van der Waals surface area contributed by atoms with Crippen LogP contribution in [0.5, 0.6) is 0 Å². The minimum atomic E-state index is -4.97. The first-order valence-corrected chi connectivity index (χ1v) is 12.0. The molecule has 35 heavy (non-hydrogen) atoms. The molecule has 0 spiro atoms. The van der Waals surface area contributed by atoms with Gasteiger partial charge in [0, 0.05) is 7.05 Å². The van der Waals surface area contributed by atoms with Crippen molar-refractivity contribution in [1.82, 2.24) is 9.62 Å². The number of nitrogens with one attached hydrogen (secondary N) is 1. The molecule has 0 saturated heterocycles. The van der Waals surface area contributed by atoms with Crippen LogP contribution in [0.25, 0.3) is 0 Å². The van der Waals surface area contributed by atoms with Gasteiger partial charge in [-0.25, -0.2) is 13.4 Å². The zero-order valence-corrected chi connectivity index (χ0v) is 19.6. The molecule has 6 nitrogen and oxygen atoms in total. The van der Waals surface area contributed by atoms with Crippen molar-refractivity contribution >= 4 is 16.0 Å². The lowest BCUT2D eigenvalue weighted by atomic mass is 9.92. The summed E-state index contributed by atoms with van der Waals surface area (Å²) in [5.41, 5.74) is -3.68. The quantitative estimate of drug-likeness (QED) is 0.547. The van der Waals surface area contributed by atoms with Gasteiger partial charge in [-0.3, -0.25) is 4.72 Å². The lowest BCUT2D eigenvalue weighted by Crippen LogP contribution is -2.41. The molecule has 0 bridgehead atoms. The number of aliphatic imine (C=N–C) groups is 1. The van der Waals surface area contributed by atoms with Crippen LogP contribution in [0.3, 0.4) is 0 Å². The van der Waals surface area contributed by atoms with Gasteiger partial charge < -0.3 is 9.64 Å². The zero-order chi connectivity index (χ0) is 26.1. The number of benzene rings is 2. The molecule has 0 aliphatic carbocycles. The van der Waals surface area contributed by atoms with E-state index in [-0.39, 0.29) is 36.5 Å². The van der Waals surface area contributed by atoms with Crippen molar-refractivity contribution in [2.45, 2.75) is 31.4 Å². The van der Waals surface area contributed by atoms with Gasteiger partial charge in [-0.2, -0.15) is 26.3 Å². The first kappa shape index (κ1) is 26.8. The van der Waals surface area contributed by atoms with Crippen molar-refractivity contribution in [3.63, 3.8) is 0 Å². The number of sulfonamides is 1. The Morgan fingerprint density at radius 1 is 1.03 bits per heavy atom. The predicted octanol–water partition coefficient (Wildman–Crippen LogP) is 4.38. The standard InChI is InChI=1S/C22H23F6N3O3S/c1-3-35(32,33)30-19-29-20(13-31(19)2,16-7-5-4-6-8-16)14-34-12-15-9-17(21(23,24)25)11-18(10-15)22(26,27)28/h4-11H,3,12-14H2,1-2H3,(H,29,30). The summed E-state index contributed by atoms with van der Waals surface area (Å²) in [6, 6.07) is 9.92. The van der Waals surface area contributed by atoms with E-state index >= 15 is 0 Å². The normalized spacial score (nSPS) is 19.1. The van der Waals surface area contributed by atoms with Gasteiger partial charge in [0.2, 0.25) is 16.0 Å². The maximum absolute atomic E-state index is 13.1. The van der Waals surface area contributed by atoms with Gasteiger partial charge >= 0.3 is 12.4 Å². The van der Waals surface area contributed by atoms with E-state index in [1.165, 1.54) is 6.92 Å². The number of likely N-dealkylation sites (N-methyl/N-ethyl adjacent to an activating group) is 1. The van der Waals surface area contributed by atoms with E-state index in [9.17, 15) is 34.8 Å². The van der Waals surface area contributed by atoms with Crippen LogP contribution in [0.15, 0.2) is 53.5 Å². The second kappa shape index (κ2) is 9.69. The summed E-state index contributed by atoms with van der Waals surface area (Å²) in [5, 5.41) is 0. The van der Waals surface area contributed by atoms with Crippen LogP contribution in [0.1, 0.15) is 29.2 Å². The average molecular weight is 523 g/mol. The highest BCUT2D eigenvalue weighted by atomic mass is 32.2. The molecule has 0 radical (unpaired) electrons. The molecule has 1 aliphatic heterocycles. The molecule has 1 aliphatic rings. The average Bonchev–Trinajstić information content (AvgIpc) is 3.08. The second-order valence-corrected chi connectivity index (χ2v) is 10.1.